The Labute approximate surface area is 113 Å². The number of hydrogen-bond acceptors (Lipinski definition) is 8. The third-order valence-corrected chi connectivity index (χ3v) is 1.03. The molecule has 0 bridgehead atoms. The van der Waals surface area contributed by atoms with Crippen LogP contribution in [-0.2, 0) is 28.7 Å². The maximum atomic E-state index is 9.98. The number of carboxylic acids is 2. The van der Waals surface area contributed by atoms with E-state index in [9.17, 15) is 29.4 Å². The number of esters is 2. The number of hydrogen-bond donors (Lipinski definition) is 0. The van der Waals surface area contributed by atoms with E-state index in [0.29, 0.717) is 0 Å². The van der Waals surface area contributed by atoms with Crippen LogP contribution in [0.4, 0.5) is 0 Å². The Bertz CT molecular complexity index is 247. The Morgan fingerprint density at radius 1 is 0.824 bits per heavy atom. The predicted molar refractivity (Wildman–Crippen MR) is 49.0 cm³/mol. The number of rotatable bonds is 4. The van der Waals surface area contributed by atoms with Gasteiger partial charge in [-0.1, -0.05) is 0 Å². The molecule has 0 saturated heterocycles. The van der Waals surface area contributed by atoms with Crippen LogP contribution in [0.2, 0.25) is 0 Å². The molecule has 0 heterocycles. The van der Waals surface area contributed by atoms with Crippen molar-refractivity contribution in [2.45, 2.75) is 12.8 Å². The van der Waals surface area contributed by atoms with Crippen molar-refractivity contribution in [3.63, 3.8) is 0 Å². The molecule has 0 aliphatic heterocycles. The van der Waals surface area contributed by atoms with Crippen molar-refractivity contribution in [2.24, 2.45) is 0 Å². The Kier molecular flexibility index (Phi) is 15.7. The minimum absolute atomic E-state index is 0. The summed E-state index contributed by atoms with van der Waals surface area (Å²) in [6.07, 6.45) is -1.34. The molecule has 0 unspecified atom stereocenters. The van der Waals surface area contributed by atoms with Crippen molar-refractivity contribution in [2.75, 3.05) is 14.2 Å². The van der Waals surface area contributed by atoms with Crippen LogP contribution in [0.25, 0.3) is 0 Å². The van der Waals surface area contributed by atoms with Gasteiger partial charge in [0.25, 0.3) is 0 Å². The summed E-state index contributed by atoms with van der Waals surface area (Å²) in [7, 11) is 2.23. The van der Waals surface area contributed by atoms with Gasteiger partial charge < -0.3 is 29.3 Å². The fourth-order valence-electron chi connectivity index (χ4n) is 0.380. The molecular weight excluding hydrogens is 248 g/mol. The quantitative estimate of drug-likeness (QED) is 0.285. The van der Waals surface area contributed by atoms with Crippen LogP contribution in [0.5, 0.6) is 0 Å². The predicted octanol–water partition coefficient (Wildman–Crippen LogP) is -3.78. The van der Waals surface area contributed by atoms with Gasteiger partial charge in [-0.05, 0) is 0 Å². The summed E-state index contributed by atoms with van der Waals surface area (Å²) in [5.74, 6) is -4.41. The third kappa shape index (κ3) is 20.7. The second-order valence-corrected chi connectivity index (χ2v) is 2.25. The normalized spacial score (nSPS) is 7.65. The Morgan fingerprint density at radius 2 is 1.06 bits per heavy atom. The first-order chi connectivity index (χ1) is 7.33. The van der Waals surface area contributed by atoms with Gasteiger partial charge in [0, 0.05) is 0 Å². The summed E-state index contributed by atoms with van der Waals surface area (Å²) in [4.78, 5) is 39.1. The van der Waals surface area contributed by atoms with E-state index in [2.05, 4.69) is 9.47 Å². The molecule has 0 fully saturated rings. The van der Waals surface area contributed by atoms with E-state index in [1.807, 2.05) is 0 Å². The van der Waals surface area contributed by atoms with E-state index in [1.54, 1.807) is 0 Å². The van der Waals surface area contributed by atoms with Crippen molar-refractivity contribution >= 4 is 46.9 Å². The van der Waals surface area contributed by atoms with E-state index >= 15 is 0 Å². The summed E-state index contributed by atoms with van der Waals surface area (Å²) in [6, 6.07) is 0. The van der Waals surface area contributed by atoms with Gasteiger partial charge in [0.15, 0.2) is 0 Å². The molecule has 17 heavy (non-hydrogen) atoms. The third-order valence-electron chi connectivity index (χ3n) is 1.03. The molecule has 0 amide bonds. The van der Waals surface area contributed by atoms with Crippen molar-refractivity contribution in [1.29, 1.82) is 0 Å². The van der Waals surface area contributed by atoms with Crippen LogP contribution >= 0.6 is 0 Å². The summed E-state index contributed by atoms with van der Waals surface area (Å²) in [5, 5.41) is 19.1. The number of carbonyl (C=O) groups excluding carboxylic acids is 4. The SMILES string of the molecule is COC(=O)CC(=O)[O-].COC(=O)CC(=O)[O-].[Mg+2]. The fourth-order valence-corrected chi connectivity index (χ4v) is 0.380. The smallest absolute Gasteiger partial charge is 0.550 e. The molecule has 8 nitrogen and oxygen atoms in total. The molecule has 0 aromatic rings. The maximum absolute atomic E-state index is 9.98. The minimum atomic E-state index is -1.42. The summed E-state index contributed by atoms with van der Waals surface area (Å²) >= 11 is 0. The summed E-state index contributed by atoms with van der Waals surface area (Å²) in [5.41, 5.74) is 0. The van der Waals surface area contributed by atoms with Crippen LogP contribution < -0.4 is 10.2 Å². The molecule has 0 aliphatic carbocycles. The van der Waals surface area contributed by atoms with Gasteiger partial charge in [-0.2, -0.15) is 0 Å². The summed E-state index contributed by atoms with van der Waals surface area (Å²) in [6.45, 7) is 0. The van der Waals surface area contributed by atoms with E-state index in [0.717, 1.165) is 14.2 Å². The largest absolute Gasteiger partial charge is 2.00 e. The van der Waals surface area contributed by atoms with Crippen molar-refractivity contribution in [3.8, 4) is 0 Å². The van der Waals surface area contributed by atoms with Gasteiger partial charge in [0.2, 0.25) is 0 Å². The monoisotopic (exact) mass is 258 g/mol. The molecule has 9 heteroatoms. The molecule has 0 N–H and O–H groups in total. The van der Waals surface area contributed by atoms with Crippen LogP contribution in [-0.4, -0.2) is 61.1 Å². The minimum Gasteiger partial charge on any atom is -0.550 e. The first-order valence-corrected chi connectivity index (χ1v) is 3.86. The number of methoxy groups -OCH3 is 2. The van der Waals surface area contributed by atoms with Crippen molar-refractivity contribution < 1.29 is 38.9 Å². The van der Waals surface area contributed by atoms with Crippen molar-refractivity contribution in [3.05, 3.63) is 0 Å². The Morgan fingerprint density at radius 3 is 1.12 bits per heavy atom. The van der Waals surface area contributed by atoms with E-state index < -0.39 is 36.7 Å². The number of carbonyl (C=O) groups is 4. The van der Waals surface area contributed by atoms with E-state index in [1.165, 1.54) is 0 Å². The zero-order valence-corrected chi connectivity index (χ0v) is 10.8. The van der Waals surface area contributed by atoms with Crippen LogP contribution in [0.15, 0.2) is 0 Å². The molecule has 0 atom stereocenters. The average Bonchev–Trinajstić information content (AvgIpc) is 2.16. The van der Waals surface area contributed by atoms with Crippen LogP contribution in [0.1, 0.15) is 12.8 Å². The van der Waals surface area contributed by atoms with Gasteiger partial charge in [0.1, 0.15) is 0 Å². The molecular formula is C8H10MgO8. The maximum Gasteiger partial charge on any atom is 2.00 e. The number of aliphatic carboxylic acids is 2. The van der Waals surface area contributed by atoms with Gasteiger partial charge in [0.05, 0.1) is 39.0 Å². The van der Waals surface area contributed by atoms with Gasteiger partial charge in [-0.3, -0.25) is 9.59 Å². The van der Waals surface area contributed by atoms with Crippen molar-refractivity contribution in [1.82, 2.24) is 0 Å². The van der Waals surface area contributed by atoms with E-state index in [4.69, 9.17) is 0 Å². The fraction of sp³-hybridized carbons (Fsp3) is 0.500. The van der Waals surface area contributed by atoms with Gasteiger partial charge >= 0.3 is 35.0 Å². The van der Waals surface area contributed by atoms with Gasteiger partial charge in [-0.15, -0.1) is 0 Å². The molecule has 0 rings (SSSR count). The zero-order valence-electron chi connectivity index (χ0n) is 9.39. The molecule has 0 aliphatic rings. The molecule has 0 aromatic carbocycles. The standard InChI is InChI=1S/2C4H6O4.Mg/c2*1-8-4(7)2-3(5)6;/h2*2H2,1H3,(H,5,6);/q;;+2/p-2. The number of ether oxygens (including phenoxy) is 2. The molecule has 0 radical (unpaired) electrons. The first-order valence-electron chi connectivity index (χ1n) is 3.86. The summed E-state index contributed by atoms with van der Waals surface area (Å²) < 4.78 is 8.00. The second kappa shape index (κ2) is 12.7. The first kappa shape index (κ1) is 21.0. The van der Waals surface area contributed by atoms with Crippen LogP contribution in [0.3, 0.4) is 0 Å². The van der Waals surface area contributed by atoms with Crippen LogP contribution in [0, 0.1) is 0 Å². The Hall–Kier alpha value is -1.35. The Balaban J connectivity index is -0.000000218. The zero-order chi connectivity index (χ0) is 13.1. The average molecular weight is 258 g/mol. The van der Waals surface area contributed by atoms with E-state index in [-0.39, 0.29) is 23.1 Å². The molecule has 0 spiro atoms. The molecule has 92 valence electrons. The van der Waals surface area contributed by atoms with Gasteiger partial charge in [-0.25, -0.2) is 0 Å². The second-order valence-electron chi connectivity index (χ2n) is 2.25. The molecule has 0 aromatic heterocycles. The topological polar surface area (TPSA) is 133 Å². The molecule has 0 saturated carbocycles. The number of carboxylic acid groups (broad SMARTS) is 2.